The zero-order chi connectivity index (χ0) is 14.7. The Bertz CT molecular complexity index is 515. The Labute approximate surface area is 121 Å². The molecule has 2 rings (SSSR count). The van der Waals surface area contributed by atoms with Crippen molar-refractivity contribution in [2.45, 2.75) is 32.7 Å². The molecule has 110 valence electrons. The third-order valence-electron chi connectivity index (χ3n) is 3.75. The van der Waals surface area contributed by atoms with Gasteiger partial charge in [0.25, 0.3) is 0 Å². The van der Waals surface area contributed by atoms with E-state index in [-0.39, 0.29) is 29.2 Å². The number of thiazole rings is 1. The largest absolute Gasteiger partial charge is 0.477 e. The summed E-state index contributed by atoms with van der Waals surface area (Å²) in [6.45, 7) is 2.48. The van der Waals surface area contributed by atoms with E-state index in [2.05, 4.69) is 10.3 Å². The van der Waals surface area contributed by atoms with Crippen LogP contribution in [0.2, 0.25) is 0 Å². The van der Waals surface area contributed by atoms with Crippen LogP contribution in [0.15, 0.2) is 0 Å². The minimum Gasteiger partial charge on any atom is -0.477 e. The van der Waals surface area contributed by atoms with Gasteiger partial charge in [0.05, 0.1) is 12.2 Å². The monoisotopic (exact) mass is 297 g/mol. The quantitative estimate of drug-likeness (QED) is 0.756. The van der Waals surface area contributed by atoms with Gasteiger partial charge in [0.15, 0.2) is 0 Å². The first-order chi connectivity index (χ1) is 9.52. The number of carboxylic acid groups (broad SMARTS) is 1. The summed E-state index contributed by atoms with van der Waals surface area (Å²) in [5, 5.41) is 12.4. The molecule has 4 N–H and O–H groups in total. The van der Waals surface area contributed by atoms with Crippen LogP contribution in [-0.4, -0.2) is 28.5 Å². The molecule has 0 aliphatic heterocycles. The molecule has 1 heterocycles. The van der Waals surface area contributed by atoms with Crippen molar-refractivity contribution in [3.8, 4) is 0 Å². The number of amides is 1. The fourth-order valence-corrected chi connectivity index (χ4v) is 3.53. The second-order valence-electron chi connectivity index (χ2n) is 5.08. The molecule has 1 fully saturated rings. The van der Waals surface area contributed by atoms with Gasteiger partial charge in [-0.1, -0.05) is 6.42 Å². The fourth-order valence-electron chi connectivity index (χ4n) is 2.68. The van der Waals surface area contributed by atoms with Crippen LogP contribution in [0.1, 0.15) is 39.6 Å². The molecule has 1 aliphatic rings. The van der Waals surface area contributed by atoms with E-state index in [0.29, 0.717) is 17.2 Å². The van der Waals surface area contributed by atoms with Gasteiger partial charge in [-0.25, -0.2) is 9.78 Å². The zero-order valence-electron chi connectivity index (χ0n) is 11.4. The third-order valence-corrected chi connectivity index (χ3v) is 4.89. The number of hydrogen-bond acceptors (Lipinski definition) is 5. The van der Waals surface area contributed by atoms with Gasteiger partial charge in [-0.3, -0.25) is 4.79 Å². The van der Waals surface area contributed by atoms with Crippen molar-refractivity contribution in [1.29, 1.82) is 0 Å². The molecule has 0 radical (unpaired) electrons. The second-order valence-corrected chi connectivity index (χ2v) is 6.16. The minimum atomic E-state index is -0.975. The number of carbonyl (C=O) groups is 2. The number of nitrogens with zero attached hydrogens (tertiary/aromatic N) is 1. The third kappa shape index (κ3) is 3.16. The topological polar surface area (TPSA) is 105 Å². The highest BCUT2D eigenvalue weighted by atomic mass is 32.1. The number of nitrogens with one attached hydrogen (secondary N) is 1. The Hall–Kier alpha value is -1.47. The van der Waals surface area contributed by atoms with Crippen molar-refractivity contribution < 1.29 is 14.7 Å². The van der Waals surface area contributed by atoms with Crippen LogP contribution in [0, 0.1) is 18.8 Å². The van der Waals surface area contributed by atoms with Gasteiger partial charge in [-0.2, -0.15) is 0 Å². The van der Waals surface area contributed by atoms with Crippen molar-refractivity contribution in [3.63, 3.8) is 0 Å². The van der Waals surface area contributed by atoms with Crippen molar-refractivity contribution in [2.24, 2.45) is 17.6 Å². The molecule has 20 heavy (non-hydrogen) atoms. The summed E-state index contributed by atoms with van der Waals surface area (Å²) in [7, 11) is 0. The maximum Gasteiger partial charge on any atom is 0.347 e. The Morgan fingerprint density at radius 1 is 1.50 bits per heavy atom. The number of aryl methyl sites for hydroxylation is 1. The number of carbonyl (C=O) groups excluding carboxylic acids is 1. The fraction of sp³-hybridized carbons (Fsp3) is 0.615. The van der Waals surface area contributed by atoms with E-state index >= 15 is 0 Å². The van der Waals surface area contributed by atoms with E-state index in [4.69, 9.17) is 10.8 Å². The molecule has 7 heteroatoms. The lowest BCUT2D eigenvalue weighted by Crippen LogP contribution is -2.34. The minimum absolute atomic E-state index is 0.00248. The van der Waals surface area contributed by atoms with Gasteiger partial charge in [-0.05, 0) is 32.2 Å². The van der Waals surface area contributed by atoms with E-state index in [1.807, 2.05) is 0 Å². The lowest BCUT2D eigenvalue weighted by molar-refractivity contribution is -0.126. The van der Waals surface area contributed by atoms with Crippen molar-refractivity contribution in [3.05, 3.63) is 15.6 Å². The van der Waals surface area contributed by atoms with Crippen LogP contribution in [0.3, 0.4) is 0 Å². The Kier molecular flexibility index (Phi) is 4.72. The molecule has 2 unspecified atom stereocenters. The highest BCUT2D eigenvalue weighted by molar-refractivity contribution is 7.13. The normalized spacial score (nSPS) is 21.9. The molecular formula is C13H19N3O3S. The van der Waals surface area contributed by atoms with Gasteiger partial charge in [0, 0.05) is 5.92 Å². The standard InChI is InChI=1S/C13H19N3O3S/c1-7-11(13(18)19)20-10(16-7)6-15-12(17)9-4-2-3-8(9)5-14/h8-9H,2-6,14H2,1H3,(H,15,17)(H,18,19). The molecule has 2 atom stereocenters. The van der Waals surface area contributed by atoms with E-state index in [1.165, 1.54) is 0 Å². The highest BCUT2D eigenvalue weighted by Crippen LogP contribution is 2.31. The number of rotatable bonds is 5. The smallest absolute Gasteiger partial charge is 0.347 e. The first-order valence-electron chi connectivity index (χ1n) is 6.70. The summed E-state index contributed by atoms with van der Waals surface area (Å²) in [5.74, 6) is -0.721. The number of nitrogens with two attached hydrogens (primary N) is 1. The van der Waals surface area contributed by atoms with Gasteiger partial charge >= 0.3 is 5.97 Å². The van der Waals surface area contributed by atoms with E-state index in [0.717, 1.165) is 30.6 Å². The molecule has 0 spiro atoms. The molecule has 1 aromatic rings. The number of carboxylic acids is 1. The molecule has 0 bridgehead atoms. The molecule has 1 aliphatic carbocycles. The maximum atomic E-state index is 12.1. The highest BCUT2D eigenvalue weighted by Gasteiger charge is 2.31. The number of aromatic nitrogens is 1. The molecule has 0 saturated heterocycles. The van der Waals surface area contributed by atoms with Crippen molar-refractivity contribution in [2.75, 3.05) is 6.54 Å². The first-order valence-corrected chi connectivity index (χ1v) is 7.52. The zero-order valence-corrected chi connectivity index (χ0v) is 12.2. The van der Waals surface area contributed by atoms with Gasteiger partial charge < -0.3 is 16.2 Å². The molecule has 1 saturated carbocycles. The van der Waals surface area contributed by atoms with Gasteiger partial charge in [0.2, 0.25) is 5.91 Å². The summed E-state index contributed by atoms with van der Waals surface area (Å²) in [6, 6.07) is 0. The molecular weight excluding hydrogens is 278 g/mol. The van der Waals surface area contributed by atoms with Gasteiger partial charge in [0.1, 0.15) is 9.88 Å². The van der Waals surface area contributed by atoms with Crippen LogP contribution in [0.25, 0.3) is 0 Å². The van der Waals surface area contributed by atoms with E-state index in [9.17, 15) is 9.59 Å². The van der Waals surface area contributed by atoms with Crippen LogP contribution in [0.5, 0.6) is 0 Å². The van der Waals surface area contributed by atoms with Crippen molar-refractivity contribution >= 4 is 23.2 Å². The van der Waals surface area contributed by atoms with Crippen molar-refractivity contribution in [1.82, 2.24) is 10.3 Å². The van der Waals surface area contributed by atoms with Crippen LogP contribution < -0.4 is 11.1 Å². The summed E-state index contributed by atoms with van der Waals surface area (Å²) < 4.78 is 0. The average molecular weight is 297 g/mol. The average Bonchev–Trinajstić information content (AvgIpc) is 3.01. The first kappa shape index (κ1) is 14.9. The molecule has 6 nitrogen and oxygen atoms in total. The Morgan fingerprint density at radius 3 is 2.85 bits per heavy atom. The Morgan fingerprint density at radius 2 is 2.25 bits per heavy atom. The SMILES string of the molecule is Cc1nc(CNC(=O)C2CCCC2CN)sc1C(=O)O. The lowest BCUT2D eigenvalue weighted by Gasteiger charge is -2.16. The summed E-state index contributed by atoms with van der Waals surface area (Å²) in [5.41, 5.74) is 6.16. The predicted molar refractivity (Wildman–Crippen MR) is 75.5 cm³/mol. The second kappa shape index (κ2) is 6.32. The molecule has 1 aromatic heterocycles. The maximum absolute atomic E-state index is 12.1. The van der Waals surface area contributed by atoms with Crippen LogP contribution in [0.4, 0.5) is 0 Å². The molecule has 1 amide bonds. The van der Waals surface area contributed by atoms with Gasteiger partial charge in [-0.15, -0.1) is 11.3 Å². The summed E-state index contributed by atoms with van der Waals surface area (Å²) in [4.78, 5) is 27.4. The van der Waals surface area contributed by atoms with Crippen LogP contribution in [-0.2, 0) is 11.3 Å². The predicted octanol–water partition coefficient (Wildman–Crippen LogP) is 1.14. The summed E-state index contributed by atoms with van der Waals surface area (Å²) >= 11 is 1.11. The lowest BCUT2D eigenvalue weighted by atomic mass is 9.95. The molecule has 0 aromatic carbocycles. The Balaban J connectivity index is 1.93. The summed E-state index contributed by atoms with van der Waals surface area (Å²) in [6.07, 6.45) is 2.93. The van der Waals surface area contributed by atoms with E-state index < -0.39 is 5.97 Å². The number of aromatic carboxylic acids is 1. The van der Waals surface area contributed by atoms with E-state index in [1.54, 1.807) is 6.92 Å². The van der Waals surface area contributed by atoms with Crippen LogP contribution >= 0.6 is 11.3 Å². The number of hydrogen-bond donors (Lipinski definition) is 3.